The van der Waals surface area contributed by atoms with E-state index in [1.807, 2.05) is 25.1 Å². The highest BCUT2D eigenvalue weighted by Gasteiger charge is 2.22. The molecular weight excluding hydrogens is 256 g/mol. The summed E-state index contributed by atoms with van der Waals surface area (Å²) in [5.41, 5.74) is 1.07. The van der Waals surface area contributed by atoms with E-state index in [1.165, 1.54) is 0 Å². The molecule has 5 heteroatoms. The minimum atomic E-state index is 0.170. The lowest BCUT2D eigenvalue weighted by Crippen LogP contribution is -2.39. The number of hydrogen-bond acceptors (Lipinski definition) is 2. The van der Waals surface area contributed by atoms with Gasteiger partial charge in [0.2, 0.25) is 0 Å². The van der Waals surface area contributed by atoms with Gasteiger partial charge in [0.05, 0.1) is 12.6 Å². The van der Waals surface area contributed by atoms with Crippen molar-refractivity contribution in [1.82, 2.24) is 10.6 Å². The second kappa shape index (κ2) is 5.56. The van der Waals surface area contributed by atoms with Crippen LogP contribution >= 0.6 is 23.8 Å². The van der Waals surface area contributed by atoms with Gasteiger partial charge in [0, 0.05) is 23.6 Å². The van der Waals surface area contributed by atoms with E-state index in [9.17, 15) is 0 Å². The number of thiocarbonyl (C=S) groups is 1. The Bertz CT molecular complexity index is 425. The van der Waals surface area contributed by atoms with Gasteiger partial charge in [-0.15, -0.1) is 0 Å². The van der Waals surface area contributed by atoms with Gasteiger partial charge in [-0.25, -0.2) is 0 Å². The Kier molecular flexibility index (Phi) is 4.07. The Labute approximate surface area is 111 Å². The third-order valence-corrected chi connectivity index (χ3v) is 3.15. The van der Waals surface area contributed by atoms with Crippen LogP contribution in [0, 0.1) is 0 Å². The van der Waals surface area contributed by atoms with Gasteiger partial charge >= 0.3 is 0 Å². The molecule has 1 aromatic carbocycles. The SMILES string of the molecule is CCNC(=S)NC1CCOc2ccc(Cl)cc21. The molecular formula is C12H15ClN2OS. The van der Waals surface area contributed by atoms with Crippen LogP contribution in [0.3, 0.4) is 0 Å². The minimum Gasteiger partial charge on any atom is -0.493 e. The predicted octanol–water partition coefficient (Wildman–Crippen LogP) is 2.65. The van der Waals surface area contributed by atoms with Crippen LogP contribution in [0.5, 0.6) is 5.75 Å². The quantitative estimate of drug-likeness (QED) is 0.810. The van der Waals surface area contributed by atoms with Crippen molar-refractivity contribution >= 4 is 28.9 Å². The summed E-state index contributed by atoms with van der Waals surface area (Å²) in [5.74, 6) is 0.887. The van der Waals surface area contributed by atoms with E-state index < -0.39 is 0 Å². The van der Waals surface area contributed by atoms with Gasteiger partial charge < -0.3 is 15.4 Å². The molecule has 0 saturated carbocycles. The molecule has 3 nitrogen and oxygen atoms in total. The maximum atomic E-state index is 6.01. The normalized spacial score (nSPS) is 17.9. The predicted molar refractivity (Wildman–Crippen MR) is 73.7 cm³/mol. The molecule has 1 aromatic rings. The van der Waals surface area contributed by atoms with Gasteiger partial charge in [0.1, 0.15) is 5.75 Å². The topological polar surface area (TPSA) is 33.3 Å². The summed E-state index contributed by atoms with van der Waals surface area (Å²) in [6, 6.07) is 5.85. The van der Waals surface area contributed by atoms with Crippen LogP contribution in [0.25, 0.3) is 0 Å². The molecule has 0 fully saturated rings. The van der Waals surface area contributed by atoms with E-state index in [2.05, 4.69) is 10.6 Å². The van der Waals surface area contributed by atoms with Crippen LogP contribution in [0.1, 0.15) is 24.9 Å². The van der Waals surface area contributed by atoms with Gasteiger partial charge in [0.15, 0.2) is 5.11 Å². The van der Waals surface area contributed by atoms with Crippen molar-refractivity contribution in [2.75, 3.05) is 13.2 Å². The molecule has 1 aliphatic heterocycles. The number of benzene rings is 1. The number of rotatable bonds is 2. The lowest BCUT2D eigenvalue weighted by Gasteiger charge is -2.27. The summed E-state index contributed by atoms with van der Waals surface area (Å²) < 4.78 is 5.59. The summed E-state index contributed by atoms with van der Waals surface area (Å²) in [7, 11) is 0. The van der Waals surface area contributed by atoms with Crippen molar-refractivity contribution in [2.45, 2.75) is 19.4 Å². The van der Waals surface area contributed by atoms with Crippen molar-refractivity contribution < 1.29 is 4.74 Å². The zero-order valence-corrected chi connectivity index (χ0v) is 11.2. The fraction of sp³-hybridized carbons (Fsp3) is 0.417. The molecule has 0 spiro atoms. The number of ether oxygens (including phenoxy) is 1. The Morgan fingerprint density at radius 3 is 3.18 bits per heavy atom. The van der Waals surface area contributed by atoms with Crippen molar-refractivity contribution in [3.05, 3.63) is 28.8 Å². The van der Waals surface area contributed by atoms with E-state index in [4.69, 9.17) is 28.6 Å². The standard InChI is InChI=1S/C12H15ClN2OS/c1-2-14-12(17)15-10-5-6-16-11-4-3-8(13)7-9(10)11/h3-4,7,10H,2,5-6H2,1H3,(H2,14,15,17). The third kappa shape index (κ3) is 3.01. The second-order valence-electron chi connectivity index (χ2n) is 3.88. The molecule has 0 bridgehead atoms. The van der Waals surface area contributed by atoms with Gasteiger partial charge in [0.25, 0.3) is 0 Å². The number of hydrogen-bond donors (Lipinski definition) is 2. The van der Waals surface area contributed by atoms with Crippen LogP contribution < -0.4 is 15.4 Å². The summed E-state index contributed by atoms with van der Waals surface area (Å²) >= 11 is 11.2. The molecule has 0 aromatic heterocycles. The van der Waals surface area contributed by atoms with Gasteiger partial charge in [-0.1, -0.05) is 11.6 Å². The van der Waals surface area contributed by atoms with Gasteiger partial charge in [-0.05, 0) is 37.3 Å². The lowest BCUT2D eigenvalue weighted by molar-refractivity contribution is 0.262. The number of fused-ring (bicyclic) bond motifs is 1. The van der Waals surface area contributed by atoms with E-state index in [0.29, 0.717) is 11.7 Å². The number of halogens is 1. The van der Waals surface area contributed by atoms with Crippen LogP contribution in [-0.4, -0.2) is 18.3 Å². The van der Waals surface area contributed by atoms with Crippen LogP contribution in [0.15, 0.2) is 18.2 Å². The lowest BCUT2D eigenvalue weighted by atomic mass is 10.0. The van der Waals surface area contributed by atoms with E-state index in [-0.39, 0.29) is 6.04 Å². The highest BCUT2D eigenvalue weighted by atomic mass is 35.5. The Morgan fingerprint density at radius 2 is 2.41 bits per heavy atom. The molecule has 1 unspecified atom stereocenters. The average Bonchev–Trinajstić information content (AvgIpc) is 2.30. The van der Waals surface area contributed by atoms with Crippen molar-refractivity contribution in [3.8, 4) is 5.75 Å². The molecule has 17 heavy (non-hydrogen) atoms. The van der Waals surface area contributed by atoms with Crippen molar-refractivity contribution in [2.24, 2.45) is 0 Å². The van der Waals surface area contributed by atoms with Gasteiger partial charge in [-0.3, -0.25) is 0 Å². The highest BCUT2D eigenvalue weighted by Crippen LogP contribution is 2.33. The molecule has 0 radical (unpaired) electrons. The molecule has 1 heterocycles. The smallest absolute Gasteiger partial charge is 0.166 e. The molecule has 1 atom stereocenters. The molecule has 0 amide bonds. The highest BCUT2D eigenvalue weighted by molar-refractivity contribution is 7.80. The first-order valence-electron chi connectivity index (χ1n) is 5.67. The maximum Gasteiger partial charge on any atom is 0.166 e. The van der Waals surface area contributed by atoms with Crippen molar-refractivity contribution in [1.29, 1.82) is 0 Å². The number of nitrogens with one attached hydrogen (secondary N) is 2. The van der Waals surface area contributed by atoms with E-state index in [1.54, 1.807) is 0 Å². The Hall–Kier alpha value is -1.00. The summed E-state index contributed by atoms with van der Waals surface area (Å²) in [6.45, 7) is 3.53. The summed E-state index contributed by atoms with van der Waals surface area (Å²) in [6.07, 6.45) is 0.888. The molecule has 2 rings (SSSR count). The molecule has 1 aliphatic rings. The molecule has 0 saturated heterocycles. The molecule has 2 N–H and O–H groups in total. The van der Waals surface area contributed by atoms with Crippen LogP contribution in [0.2, 0.25) is 5.02 Å². The molecule has 0 aliphatic carbocycles. The van der Waals surface area contributed by atoms with Crippen LogP contribution in [-0.2, 0) is 0 Å². The maximum absolute atomic E-state index is 6.01. The van der Waals surface area contributed by atoms with E-state index in [0.717, 1.165) is 29.3 Å². The summed E-state index contributed by atoms with van der Waals surface area (Å²) in [4.78, 5) is 0. The second-order valence-corrected chi connectivity index (χ2v) is 4.72. The Balaban J connectivity index is 2.16. The first-order chi connectivity index (χ1) is 8.20. The fourth-order valence-electron chi connectivity index (χ4n) is 1.89. The Morgan fingerprint density at radius 1 is 1.59 bits per heavy atom. The third-order valence-electron chi connectivity index (χ3n) is 2.65. The fourth-order valence-corrected chi connectivity index (χ4v) is 2.35. The van der Waals surface area contributed by atoms with E-state index >= 15 is 0 Å². The zero-order chi connectivity index (χ0) is 12.3. The average molecular weight is 271 g/mol. The largest absolute Gasteiger partial charge is 0.493 e. The first-order valence-corrected chi connectivity index (χ1v) is 6.46. The first kappa shape index (κ1) is 12.5. The molecule has 92 valence electrons. The minimum absolute atomic E-state index is 0.170. The van der Waals surface area contributed by atoms with Crippen molar-refractivity contribution in [3.63, 3.8) is 0 Å². The van der Waals surface area contributed by atoms with Crippen LogP contribution in [0.4, 0.5) is 0 Å². The zero-order valence-electron chi connectivity index (χ0n) is 9.63. The monoisotopic (exact) mass is 270 g/mol. The van der Waals surface area contributed by atoms with Gasteiger partial charge in [-0.2, -0.15) is 0 Å². The summed E-state index contributed by atoms with van der Waals surface area (Å²) in [5, 5.41) is 7.76.